The van der Waals surface area contributed by atoms with Gasteiger partial charge in [-0.05, 0) is 61.4 Å². The first-order chi connectivity index (χ1) is 10.4. The lowest BCUT2D eigenvalue weighted by Crippen LogP contribution is -2.01. The fourth-order valence-electron chi connectivity index (χ4n) is 1.86. The highest BCUT2D eigenvalue weighted by Crippen LogP contribution is 2.40. The third kappa shape index (κ3) is 3.64. The zero-order valence-corrected chi connectivity index (χ0v) is 13.6. The van der Waals surface area contributed by atoms with E-state index >= 15 is 0 Å². The van der Waals surface area contributed by atoms with E-state index < -0.39 is 11.9 Å². The molecule has 0 heterocycles. The van der Waals surface area contributed by atoms with Crippen LogP contribution in [0.15, 0.2) is 46.2 Å². The Bertz CT molecular complexity index is 724. The molecular formula is C16H14O4S2. The topological polar surface area (TPSA) is 74.6 Å². The second-order valence-corrected chi connectivity index (χ2v) is 6.91. The van der Waals surface area contributed by atoms with Crippen LogP contribution >= 0.6 is 21.6 Å². The average Bonchev–Trinajstić information content (AvgIpc) is 2.48. The number of carboxylic acids is 2. The molecule has 0 atom stereocenters. The van der Waals surface area contributed by atoms with Gasteiger partial charge >= 0.3 is 11.9 Å². The van der Waals surface area contributed by atoms with Crippen LogP contribution in [-0.4, -0.2) is 22.2 Å². The van der Waals surface area contributed by atoms with E-state index in [-0.39, 0.29) is 5.56 Å². The molecule has 0 aromatic heterocycles. The Morgan fingerprint density at radius 3 is 2.00 bits per heavy atom. The second kappa shape index (κ2) is 6.89. The zero-order valence-electron chi connectivity index (χ0n) is 12.0. The lowest BCUT2D eigenvalue weighted by atomic mass is 10.0. The molecule has 114 valence electrons. The number of rotatable bonds is 5. The van der Waals surface area contributed by atoms with Gasteiger partial charge in [-0.25, -0.2) is 9.59 Å². The van der Waals surface area contributed by atoms with Gasteiger partial charge < -0.3 is 10.2 Å². The van der Waals surface area contributed by atoms with Gasteiger partial charge in [0.15, 0.2) is 0 Å². The molecule has 0 spiro atoms. The highest BCUT2D eigenvalue weighted by Gasteiger charge is 2.12. The van der Waals surface area contributed by atoms with Gasteiger partial charge in [0, 0.05) is 9.79 Å². The summed E-state index contributed by atoms with van der Waals surface area (Å²) in [4.78, 5) is 23.8. The smallest absolute Gasteiger partial charge is 0.335 e. The van der Waals surface area contributed by atoms with Crippen molar-refractivity contribution < 1.29 is 19.8 Å². The van der Waals surface area contributed by atoms with E-state index in [0.29, 0.717) is 5.56 Å². The average molecular weight is 334 g/mol. The molecule has 0 bridgehead atoms. The van der Waals surface area contributed by atoms with E-state index in [1.54, 1.807) is 43.3 Å². The van der Waals surface area contributed by atoms with Gasteiger partial charge in [0.1, 0.15) is 0 Å². The standard InChI is InChI=1S/C16H14O4S2/c1-9-10(2)14(8-7-13(9)16(19)20)22-21-12-5-3-11(4-6-12)15(17)18/h3-8H,1-2H3,(H,17,18)(H,19,20). The van der Waals surface area contributed by atoms with Crippen molar-refractivity contribution in [1.82, 2.24) is 0 Å². The number of carbonyl (C=O) groups is 2. The molecule has 0 unspecified atom stereocenters. The van der Waals surface area contributed by atoms with Crippen molar-refractivity contribution in [2.45, 2.75) is 23.6 Å². The number of carboxylic acid groups (broad SMARTS) is 2. The molecule has 4 nitrogen and oxygen atoms in total. The number of aromatic carboxylic acids is 2. The van der Waals surface area contributed by atoms with Crippen LogP contribution in [0.25, 0.3) is 0 Å². The van der Waals surface area contributed by atoms with Crippen LogP contribution in [0, 0.1) is 13.8 Å². The third-order valence-corrected chi connectivity index (χ3v) is 5.83. The Labute approximate surface area is 136 Å². The number of hydrogen-bond donors (Lipinski definition) is 2. The normalized spacial score (nSPS) is 10.5. The van der Waals surface area contributed by atoms with Gasteiger partial charge in [0.25, 0.3) is 0 Å². The number of benzene rings is 2. The van der Waals surface area contributed by atoms with Crippen molar-refractivity contribution in [2.75, 3.05) is 0 Å². The lowest BCUT2D eigenvalue weighted by molar-refractivity contribution is 0.0685. The first-order valence-corrected chi connectivity index (χ1v) is 8.56. The van der Waals surface area contributed by atoms with Gasteiger partial charge in [-0.1, -0.05) is 21.6 Å². The van der Waals surface area contributed by atoms with Crippen molar-refractivity contribution >= 4 is 33.5 Å². The summed E-state index contributed by atoms with van der Waals surface area (Å²) in [5.74, 6) is -1.87. The molecule has 2 aromatic carbocycles. The Morgan fingerprint density at radius 2 is 1.45 bits per heavy atom. The van der Waals surface area contributed by atoms with Gasteiger partial charge in [0.2, 0.25) is 0 Å². The van der Waals surface area contributed by atoms with Crippen LogP contribution in [0.3, 0.4) is 0 Å². The Morgan fingerprint density at radius 1 is 0.818 bits per heavy atom. The van der Waals surface area contributed by atoms with Crippen molar-refractivity contribution in [2.24, 2.45) is 0 Å². The maximum Gasteiger partial charge on any atom is 0.335 e. The Hall–Kier alpha value is -1.92. The van der Waals surface area contributed by atoms with E-state index in [0.717, 1.165) is 20.9 Å². The highest BCUT2D eigenvalue weighted by molar-refractivity contribution is 8.76. The molecule has 0 aliphatic rings. The molecule has 0 fully saturated rings. The molecule has 0 saturated carbocycles. The summed E-state index contributed by atoms with van der Waals surface area (Å²) in [6.07, 6.45) is 0. The maximum absolute atomic E-state index is 11.1. The van der Waals surface area contributed by atoms with Crippen LogP contribution in [0.2, 0.25) is 0 Å². The lowest BCUT2D eigenvalue weighted by Gasteiger charge is -2.10. The molecule has 6 heteroatoms. The molecule has 22 heavy (non-hydrogen) atoms. The van der Waals surface area contributed by atoms with Crippen LogP contribution in [0.1, 0.15) is 31.8 Å². The van der Waals surface area contributed by atoms with Gasteiger partial charge in [0.05, 0.1) is 11.1 Å². The third-order valence-electron chi connectivity index (χ3n) is 3.30. The molecule has 0 aliphatic carbocycles. The first-order valence-electron chi connectivity index (χ1n) is 6.41. The van der Waals surface area contributed by atoms with Crippen molar-refractivity contribution in [3.8, 4) is 0 Å². The molecule has 2 N–H and O–H groups in total. The molecule has 2 rings (SSSR count). The molecule has 0 saturated heterocycles. The SMILES string of the molecule is Cc1c(SSc2ccc(C(=O)O)cc2)ccc(C(=O)O)c1C. The summed E-state index contributed by atoms with van der Waals surface area (Å²) in [6.45, 7) is 3.70. The van der Waals surface area contributed by atoms with E-state index in [1.807, 2.05) is 6.92 Å². The Balaban J connectivity index is 2.13. The molecule has 0 radical (unpaired) electrons. The molecular weight excluding hydrogens is 320 g/mol. The minimum atomic E-state index is -0.945. The van der Waals surface area contributed by atoms with Crippen molar-refractivity contribution in [1.29, 1.82) is 0 Å². The van der Waals surface area contributed by atoms with Crippen LogP contribution in [-0.2, 0) is 0 Å². The summed E-state index contributed by atoms with van der Waals surface area (Å²) >= 11 is 0. The highest BCUT2D eigenvalue weighted by atomic mass is 33.1. The summed E-state index contributed by atoms with van der Waals surface area (Å²) in [5.41, 5.74) is 2.28. The Kier molecular flexibility index (Phi) is 5.15. The van der Waals surface area contributed by atoms with E-state index in [4.69, 9.17) is 10.2 Å². The molecule has 0 aliphatic heterocycles. The minimum absolute atomic E-state index is 0.257. The predicted octanol–water partition coefficient (Wildman–Crippen LogP) is 4.50. The maximum atomic E-state index is 11.1. The summed E-state index contributed by atoms with van der Waals surface area (Å²) in [5, 5.41) is 18.0. The van der Waals surface area contributed by atoms with E-state index in [2.05, 4.69) is 0 Å². The van der Waals surface area contributed by atoms with Crippen molar-refractivity contribution in [3.63, 3.8) is 0 Å². The largest absolute Gasteiger partial charge is 0.478 e. The van der Waals surface area contributed by atoms with Crippen LogP contribution in [0.4, 0.5) is 0 Å². The minimum Gasteiger partial charge on any atom is -0.478 e. The summed E-state index contributed by atoms with van der Waals surface area (Å²) < 4.78 is 0. The van der Waals surface area contributed by atoms with Crippen LogP contribution < -0.4 is 0 Å². The first kappa shape index (κ1) is 16.5. The summed E-state index contributed by atoms with van der Waals surface area (Å²) in [6, 6.07) is 10.1. The zero-order chi connectivity index (χ0) is 16.3. The fourth-order valence-corrected chi connectivity index (χ4v) is 4.13. The van der Waals surface area contributed by atoms with Crippen molar-refractivity contribution in [3.05, 3.63) is 58.7 Å². The van der Waals surface area contributed by atoms with Gasteiger partial charge in [-0.2, -0.15) is 0 Å². The monoisotopic (exact) mass is 334 g/mol. The van der Waals surface area contributed by atoms with E-state index in [9.17, 15) is 9.59 Å². The van der Waals surface area contributed by atoms with Gasteiger partial charge in [-0.15, -0.1) is 0 Å². The van der Waals surface area contributed by atoms with Crippen LogP contribution in [0.5, 0.6) is 0 Å². The second-order valence-electron chi connectivity index (χ2n) is 4.66. The quantitative estimate of drug-likeness (QED) is 0.784. The molecule has 2 aromatic rings. The van der Waals surface area contributed by atoms with Gasteiger partial charge in [-0.3, -0.25) is 0 Å². The molecule has 0 amide bonds. The predicted molar refractivity (Wildman–Crippen MR) is 88.0 cm³/mol. The summed E-state index contributed by atoms with van der Waals surface area (Å²) in [7, 11) is 3.03. The number of hydrogen-bond acceptors (Lipinski definition) is 4. The van der Waals surface area contributed by atoms with E-state index in [1.165, 1.54) is 21.6 Å². The fraction of sp³-hybridized carbons (Fsp3) is 0.125.